The van der Waals surface area contributed by atoms with Crippen molar-refractivity contribution in [3.8, 4) is 0 Å². The van der Waals surface area contributed by atoms with Crippen LogP contribution in [0.3, 0.4) is 0 Å². The lowest BCUT2D eigenvalue weighted by Crippen LogP contribution is -2.23. The van der Waals surface area contributed by atoms with E-state index >= 15 is 0 Å². The van der Waals surface area contributed by atoms with Gasteiger partial charge in [-0.3, -0.25) is 9.59 Å². The van der Waals surface area contributed by atoms with Gasteiger partial charge in [0.15, 0.2) is 5.78 Å². The third-order valence-corrected chi connectivity index (χ3v) is 3.75. The van der Waals surface area contributed by atoms with E-state index in [9.17, 15) is 9.59 Å². The van der Waals surface area contributed by atoms with Crippen LogP contribution in [-0.4, -0.2) is 16.7 Å². The maximum atomic E-state index is 12.1. The van der Waals surface area contributed by atoms with Crippen molar-refractivity contribution in [3.05, 3.63) is 52.0 Å². The summed E-state index contributed by atoms with van der Waals surface area (Å²) in [5, 5.41) is 2.36. The molecule has 0 aliphatic rings. The number of rotatable bonds is 5. The molecule has 0 spiro atoms. The largest absolute Gasteiger partial charge is 0.369 e. The van der Waals surface area contributed by atoms with Crippen LogP contribution < -0.4 is 5.73 Å². The Morgan fingerprint density at radius 1 is 1.32 bits per heavy atom. The Kier molecular flexibility index (Phi) is 4.06. The molecule has 19 heavy (non-hydrogen) atoms. The molecule has 2 N–H and O–H groups in total. The molecule has 98 valence electrons. The zero-order valence-corrected chi connectivity index (χ0v) is 11.3. The van der Waals surface area contributed by atoms with Crippen molar-refractivity contribution >= 4 is 23.0 Å². The number of hydrogen-bond acceptors (Lipinski definition) is 4. The lowest BCUT2D eigenvalue weighted by molar-refractivity contribution is -0.119. The molecule has 5 heteroatoms. The normalized spacial score (nSPS) is 12.1. The van der Waals surface area contributed by atoms with Gasteiger partial charge in [0.25, 0.3) is 0 Å². The van der Waals surface area contributed by atoms with E-state index in [0.29, 0.717) is 10.6 Å². The summed E-state index contributed by atoms with van der Waals surface area (Å²) >= 11 is 1.33. The number of aromatic nitrogens is 1. The summed E-state index contributed by atoms with van der Waals surface area (Å²) in [5.41, 5.74) is 7.03. The molecule has 1 unspecified atom stereocenters. The maximum Gasteiger partial charge on any atom is 0.227 e. The van der Waals surface area contributed by atoms with E-state index < -0.39 is 11.8 Å². The highest BCUT2D eigenvalue weighted by molar-refractivity contribution is 7.09. The zero-order chi connectivity index (χ0) is 13.8. The molecule has 1 amide bonds. The van der Waals surface area contributed by atoms with Crippen molar-refractivity contribution in [2.75, 3.05) is 0 Å². The molecule has 1 atom stereocenters. The standard InChI is InChI=1S/C14H14N2O2S/c1-9-2-4-10(5-3-9)12(17)8-11(13(15)18)14-16-6-7-19-14/h2-7,11H,8H2,1H3,(H2,15,18). The first-order valence-electron chi connectivity index (χ1n) is 5.86. The Balaban J connectivity index is 2.16. The van der Waals surface area contributed by atoms with Gasteiger partial charge in [0.05, 0.1) is 5.92 Å². The summed E-state index contributed by atoms with van der Waals surface area (Å²) in [6.07, 6.45) is 1.66. The molecule has 2 rings (SSSR count). The number of benzene rings is 1. The first-order valence-corrected chi connectivity index (χ1v) is 6.74. The van der Waals surface area contributed by atoms with Gasteiger partial charge < -0.3 is 5.73 Å². The number of carbonyl (C=O) groups is 2. The van der Waals surface area contributed by atoms with E-state index in [2.05, 4.69) is 4.98 Å². The topological polar surface area (TPSA) is 73.1 Å². The first kappa shape index (κ1) is 13.4. The Bertz CT molecular complexity index is 576. The molecule has 4 nitrogen and oxygen atoms in total. The number of primary amides is 1. The predicted octanol–water partition coefficient (Wildman–Crippen LogP) is 2.29. The summed E-state index contributed by atoms with van der Waals surface area (Å²) < 4.78 is 0. The average molecular weight is 274 g/mol. The SMILES string of the molecule is Cc1ccc(C(=O)CC(C(N)=O)c2nccs2)cc1. The Hall–Kier alpha value is -2.01. The van der Waals surface area contributed by atoms with E-state index in [0.717, 1.165) is 5.56 Å². The van der Waals surface area contributed by atoms with Gasteiger partial charge >= 0.3 is 0 Å². The van der Waals surface area contributed by atoms with Crippen LogP contribution in [0, 0.1) is 6.92 Å². The molecule has 0 saturated carbocycles. The van der Waals surface area contributed by atoms with Crippen molar-refractivity contribution in [3.63, 3.8) is 0 Å². The van der Waals surface area contributed by atoms with Gasteiger partial charge in [-0.25, -0.2) is 4.98 Å². The fourth-order valence-electron chi connectivity index (χ4n) is 1.76. The Labute approximate surface area is 115 Å². The number of carbonyl (C=O) groups excluding carboxylic acids is 2. The second-order valence-corrected chi connectivity index (χ2v) is 5.24. The van der Waals surface area contributed by atoms with Crippen molar-refractivity contribution in [1.82, 2.24) is 4.98 Å². The van der Waals surface area contributed by atoms with E-state index in [4.69, 9.17) is 5.73 Å². The molecule has 0 aliphatic heterocycles. The minimum Gasteiger partial charge on any atom is -0.369 e. The number of aryl methyl sites for hydroxylation is 1. The molecule has 0 radical (unpaired) electrons. The highest BCUT2D eigenvalue weighted by Gasteiger charge is 2.24. The Morgan fingerprint density at radius 2 is 2.00 bits per heavy atom. The highest BCUT2D eigenvalue weighted by Crippen LogP contribution is 2.23. The first-order chi connectivity index (χ1) is 9.08. The van der Waals surface area contributed by atoms with Gasteiger partial charge in [-0.15, -0.1) is 11.3 Å². The summed E-state index contributed by atoms with van der Waals surface area (Å²) in [7, 11) is 0. The van der Waals surface area contributed by atoms with Crippen LogP contribution in [-0.2, 0) is 4.79 Å². The van der Waals surface area contributed by atoms with Gasteiger partial charge in [0.2, 0.25) is 5.91 Å². The van der Waals surface area contributed by atoms with Crippen LogP contribution in [0.4, 0.5) is 0 Å². The number of nitrogens with two attached hydrogens (primary N) is 1. The highest BCUT2D eigenvalue weighted by atomic mass is 32.1. The quantitative estimate of drug-likeness (QED) is 0.850. The van der Waals surface area contributed by atoms with Gasteiger partial charge in [0.1, 0.15) is 5.01 Å². The van der Waals surface area contributed by atoms with Gasteiger partial charge in [-0.1, -0.05) is 29.8 Å². The molecule has 0 bridgehead atoms. The molecule has 0 aliphatic carbocycles. The van der Waals surface area contributed by atoms with E-state index in [1.165, 1.54) is 11.3 Å². The molecule has 1 aromatic carbocycles. The Morgan fingerprint density at radius 3 is 2.53 bits per heavy atom. The number of ketones is 1. The van der Waals surface area contributed by atoms with Gasteiger partial charge in [-0.2, -0.15) is 0 Å². The summed E-state index contributed by atoms with van der Waals surface area (Å²) in [4.78, 5) is 27.7. The van der Waals surface area contributed by atoms with Crippen LogP contribution in [0.5, 0.6) is 0 Å². The van der Waals surface area contributed by atoms with Crippen LogP contribution in [0.15, 0.2) is 35.8 Å². The fraction of sp³-hybridized carbons (Fsp3) is 0.214. The molecular weight excluding hydrogens is 260 g/mol. The van der Waals surface area contributed by atoms with Crippen LogP contribution in [0.1, 0.15) is 33.3 Å². The average Bonchev–Trinajstić information content (AvgIpc) is 2.89. The smallest absolute Gasteiger partial charge is 0.227 e. The lowest BCUT2D eigenvalue weighted by Gasteiger charge is -2.09. The van der Waals surface area contributed by atoms with E-state index in [1.54, 1.807) is 23.7 Å². The number of nitrogens with zero attached hydrogens (tertiary/aromatic N) is 1. The second-order valence-electron chi connectivity index (χ2n) is 4.32. The van der Waals surface area contributed by atoms with Crippen LogP contribution in [0.25, 0.3) is 0 Å². The third-order valence-electron chi connectivity index (χ3n) is 2.86. The van der Waals surface area contributed by atoms with E-state index in [1.807, 2.05) is 19.1 Å². The zero-order valence-electron chi connectivity index (χ0n) is 10.5. The molecule has 0 fully saturated rings. The summed E-state index contributed by atoms with van der Waals surface area (Å²) in [6, 6.07) is 7.26. The number of thiazole rings is 1. The molecule has 1 heterocycles. The van der Waals surface area contributed by atoms with Crippen molar-refractivity contribution in [2.24, 2.45) is 5.73 Å². The van der Waals surface area contributed by atoms with Crippen molar-refractivity contribution < 1.29 is 9.59 Å². The minimum absolute atomic E-state index is 0.0614. The summed E-state index contributed by atoms with van der Waals surface area (Å²) in [6.45, 7) is 1.95. The minimum atomic E-state index is -0.645. The molecular formula is C14H14N2O2S. The van der Waals surface area contributed by atoms with E-state index in [-0.39, 0.29) is 12.2 Å². The maximum absolute atomic E-state index is 12.1. The molecule has 0 saturated heterocycles. The second kappa shape index (κ2) is 5.75. The lowest BCUT2D eigenvalue weighted by atomic mass is 9.97. The monoisotopic (exact) mass is 274 g/mol. The van der Waals surface area contributed by atoms with Gasteiger partial charge in [0, 0.05) is 23.6 Å². The fourth-order valence-corrected chi connectivity index (χ4v) is 2.51. The third kappa shape index (κ3) is 3.26. The molecule has 2 aromatic rings. The predicted molar refractivity (Wildman–Crippen MR) is 74.2 cm³/mol. The number of amides is 1. The van der Waals surface area contributed by atoms with Crippen LogP contribution >= 0.6 is 11.3 Å². The van der Waals surface area contributed by atoms with Gasteiger partial charge in [-0.05, 0) is 6.92 Å². The summed E-state index contributed by atoms with van der Waals surface area (Å²) in [5.74, 6) is -1.26. The van der Waals surface area contributed by atoms with Crippen molar-refractivity contribution in [2.45, 2.75) is 19.3 Å². The number of hydrogen-bond donors (Lipinski definition) is 1. The molecule has 1 aromatic heterocycles. The number of Topliss-reactive ketones (excluding diaryl/α,β-unsaturated/α-hetero) is 1. The van der Waals surface area contributed by atoms with Crippen LogP contribution in [0.2, 0.25) is 0 Å². The van der Waals surface area contributed by atoms with Crippen molar-refractivity contribution in [1.29, 1.82) is 0 Å².